The molecule has 3 heterocycles. The molecule has 2 aromatic heterocycles. The van der Waals surface area contributed by atoms with Crippen LogP contribution in [0, 0.1) is 6.92 Å². The number of nitrogens with zero attached hydrogens (tertiary/aromatic N) is 5. The van der Waals surface area contributed by atoms with Crippen molar-refractivity contribution < 1.29 is 9.53 Å². The maximum Gasteiger partial charge on any atom is 0.252 e. The second-order valence-electron chi connectivity index (χ2n) is 10.1. The highest BCUT2D eigenvalue weighted by atomic mass is 16.5. The molecule has 8 nitrogen and oxygen atoms in total. The Hall–Kier alpha value is -3.91. The molecule has 1 aliphatic rings. The van der Waals surface area contributed by atoms with Crippen molar-refractivity contribution in [3.8, 4) is 28.0 Å². The molecule has 0 radical (unpaired) electrons. The molecule has 1 saturated heterocycles. The molecule has 0 unspecified atom stereocenters. The van der Waals surface area contributed by atoms with Crippen LogP contribution in [-0.2, 0) is 14.1 Å². The van der Waals surface area contributed by atoms with Crippen molar-refractivity contribution in [1.82, 2.24) is 29.8 Å². The number of likely N-dealkylation sites (tertiary alicyclic amines) is 1. The van der Waals surface area contributed by atoms with Crippen molar-refractivity contribution in [1.29, 1.82) is 0 Å². The lowest BCUT2D eigenvalue weighted by Crippen LogP contribution is -2.48. The summed E-state index contributed by atoms with van der Waals surface area (Å²) in [7, 11) is 5.92. The van der Waals surface area contributed by atoms with E-state index in [1.165, 1.54) is 0 Å². The van der Waals surface area contributed by atoms with E-state index in [0.717, 1.165) is 52.1 Å². The van der Waals surface area contributed by atoms with Crippen LogP contribution in [0.5, 0.6) is 5.75 Å². The highest BCUT2D eigenvalue weighted by Crippen LogP contribution is 2.31. The molecular formula is C29H34N6O2. The highest BCUT2D eigenvalue weighted by Gasteiger charge is 2.24. The van der Waals surface area contributed by atoms with Gasteiger partial charge in [-0.2, -0.15) is 10.2 Å². The SMILES string of the molecule is Cc1ccc(OC[C@H]2CCN2C)cc1C(=O)N[C@H](C)c1cc(-c2cnn(C)c2)cc(-c2cnn(C)c2)c1. The van der Waals surface area contributed by atoms with Gasteiger partial charge in [0, 0.05) is 49.2 Å². The number of aryl methyl sites for hydroxylation is 3. The fraction of sp³-hybridized carbons (Fsp3) is 0.345. The van der Waals surface area contributed by atoms with Gasteiger partial charge in [-0.3, -0.25) is 19.1 Å². The van der Waals surface area contributed by atoms with Crippen LogP contribution in [0.4, 0.5) is 0 Å². The number of ether oxygens (including phenoxy) is 1. The second kappa shape index (κ2) is 10.2. The van der Waals surface area contributed by atoms with E-state index in [1.807, 2.05) is 70.9 Å². The molecule has 0 spiro atoms. The Kier molecular flexibility index (Phi) is 6.84. The summed E-state index contributed by atoms with van der Waals surface area (Å²) < 4.78 is 9.59. The fourth-order valence-corrected chi connectivity index (χ4v) is 4.64. The Morgan fingerprint density at radius 2 is 1.65 bits per heavy atom. The van der Waals surface area contributed by atoms with Gasteiger partial charge in [-0.1, -0.05) is 6.07 Å². The van der Waals surface area contributed by atoms with E-state index >= 15 is 0 Å². The third-order valence-corrected chi connectivity index (χ3v) is 7.21. The van der Waals surface area contributed by atoms with Gasteiger partial charge < -0.3 is 10.1 Å². The minimum absolute atomic E-state index is 0.120. The normalized spacial score (nSPS) is 16.3. The number of hydrogen-bond acceptors (Lipinski definition) is 5. The van der Waals surface area contributed by atoms with E-state index in [9.17, 15) is 4.79 Å². The standard InChI is InChI=1S/C29H34N6O2/c1-19-6-7-27(37-18-26-8-9-33(26)3)13-28(19)29(36)32-20(2)21-10-22(24-14-30-34(4)16-24)12-23(11-21)25-15-31-35(5)17-25/h6-7,10-17,20,26H,8-9,18H2,1-5H3,(H,32,36)/t20-,26-/m1/s1. The molecule has 192 valence electrons. The van der Waals surface area contributed by atoms with Crippen LogP contribution >= 0.6 is 0 Å². The van der Waals surface area contributed by atoms with E-state index < -0.39 is 0 Å². The molecule has 0 aliphatic carbocycles. The Morgan fingerprint density at radius 3 is 2.16 bits per heavy atom. The van der Waals surface area contributed by atoms with Gasteiger partial charge in [-0.15, -0.1) is 0 Å². The molecule has 8 heteroatoms. The summed E-state index contributed by atoms with van der Waals surface area (Å²) in [5.41, 5.74) is 6.67. The number of nitrogens with one attached hydrogen (secondary N) is 1. The first-order chi connectivity index (χ1) is 17.8. The number of likely N-dealkylation sites (N-methyl/N-ethyl adjacent to an activating group) is 1. The lowest BCUT2D eigenvalue weighted by atomic mass is 9.96. The van der Waals surface area contributed by atoms with Gasteiger partial charge in [-0.05, 0) is 86.4 Å². The lowest BCUT2D eigenvalue weighted by molar-refractivity contribution is 0.0767. The number of rotatable bonds is 8. The molecular weight excluding hydrogens is 464 g/mol. The van der Waals surface area contributed by atoms with Crippen molar-refractivity contribution in [2.24, 2.45) is 14.1 Å². The van der Waals surface area contributed by atoms with Crippen LogP contribution in [0.25, 0.3) is 22.3 Å². The number of benzene rings is 2. The van der Waals surface area contributed by atoms with E-state index in [0.29, 0.717) is 18.2 Å². The molecule has 2 aromatic carbocycles. The van der Waals surface area contributed by atoms with Crippen molar-refractivity contribution in [3.63, 3.8) is 0 Å². The van der Waals surface area contributed by atoms with E-state index in [4.69, 9.17) is 4.74 Å². The van der Waals surface area contributed by atoms with Crippen molar-refractivity contribution in [3.05, 3.63) is 77.9 Å². The van der Waals surface area contributed by atoms with Crippen LogP contribution in [0.3, 0.4) is 0 Å². The lowest BCUT2D eigenvalue weighted by Gasteiger charge is -2.37. The summed E-state index contributed by atoms with van der Waals surface area (Å²) in [5, 5.41) is 11.9. The second-order valence-corrected chi connectivity index (χ2v) is 10.1. The molecule has 0 bridgehead atoms. The number of carbonyl (C=O) groups excluding carboxylic acids is 1. The van der Waals surface area contributed by atoms with E-state index in [1.54, 1.807) is 9.36 Å². The molecule has 5 rings (SSSR count). The Labute approximate surface area is 217 Å². The molecule has 0 saturated carbocycles. The summed E-state index contributed by atoms with van der Waals surface area (Å²) in [6.07, 6.45) is 8.83. The summed E-state index contributed by atoms with van der Waals surface area (Å²) in [4.78, 5) is 15.7. The van der Waals surface area contributed by atoms with E-state index in [2.05, 4.69) is 45.7 Å². The minimum atomic E-state index is -0.216. The van der Waals surface area contributed by atoms with Crippen molar-refractivity contribution in [2.45, 2.75) is 32.4 Å². The van der Waals surface area contributed by atoms with E-state index in [-0.39, 0.29) is 11.9 Å². The molecule has 2 atom stereocenters. The maximum atomic E-state index is 13.4. The predicted octanol–water partition coefficient (Wildman–Crippen LogP) is 4.37. The van der Waals surface area contributed by atoms with Crippen LogP contribution in [-0.4, -0.2) is 56.6 Å². The van der Waals surface area contributed by atoms with Gasteiger partial charge in [0.1, 0.15) is 12.4 Å². The first-order valence-electron chi connectivity index (χ1n) is 12.6. The zero-order valence-corrected chi connectivity index (χ0v) is 22.1. The van der Waals surface area contributed by atoms with Gasteiger partial charge in [0.25, 0.3) is 5.91 Å². The molecule has 1 fully saturated rings. The zero-order valence-electron chi connectivity index (χ0n) is 22.1. The molecule has 1 N–H and O–H groups in total. The average Bonchev–Trinajstić information content (AvgIpc) is 3.52. The Balaban J connectivity index is 1.38. The largest absolute Gasteiger partial charge is 0.492 e. The third-order valence-electron chi connectivity index (χ3n) is 7.21. The fourth-order valence-electron chi connectivity index (χ4n) is 4.64. The molecule has 4 aromatic rings. The minimum Gasteiger partial charge on any atom is -0.492 e. The quantitative estimate of drug-likeness (QED) is 0.390. The van der Waals surface area contributed by atoms with Gasteiger partial charge in [-0.25, -0.2) is 0 Å². The molecule has 1 amide bonds. The van der Waals surface area contributed by atoms with Gasteiger partial charge in [0.05, 0.1) is 18.4 Å². The van der Waals surface area contributed by atoms with Crippen molar-refractivity contribution >= 4 is 5.91 Å². The zero-order chi connectivity index (χ0) is 26.1. The molecule has 37 heavy (non-hydrogen) atoms. The van der Waals surface area contributed by atoms with Crippen LogP contribution < -0.4 is 10.1 Å². The number of hydrogen-bond donors (Lipinski definition) is 1. The summed E-state index contributed by atoms with van der Waals surface area (Å²) >= 11 is 0. The van der Waals surface area contributed by atoms with Crippen LogP contribution in [0.15, 0.2) is 61.2 Å². The summed E-state index contributed by atoms with van der Waals surface area (Å²) in [5.74, 6) is 0.604. The van der Waals surface area contributed by atoms with Crippen LogP contribution in [0.1, 0.15) is 40.9 Å². The van der Waals surface area contributed by atoms with Crippen molar-refractivity contribution in [2.75, 3.05) is 20.2 Å². The third kappa shape index (κ3) is 5.44. The van der Waals surface area contributed by atoms with Crippen LogP contribution in [0.2, 0.25) is 0 Å². The van der Waals surface area contributed by atoms with Gasteiger partial charge in [0.2, 0.25) is 0 Å². The van der Waals surface area contributed by atoms with Gasteiger partial charge >= 0.3 is 0 Å². The summed E-state index contributed by atoms with van der Waals surface area (Å²) in [6, 6.07) is 12.3. The maximum absolute atomic E-state index is 13.4. The monoisotopic (exact) mass is 498 g/mol. The van der Waals surface area contributed by atoms with Gasteiger partial charge in [0.15, 0.2) is 0 Å². The number of carbonyl (C=O) groups is 1. The average molecular weight is 499 g/mol. The topological polar surface area (TPSA) is 77.2 Å². The Bertz CT molecular complexity index is 1360. The first-order valence-corrected chi connectivity index (χ1v) is 12.6. The number of amides is 1. The predicted molar refractivity (Wildman–Crippen MR) is 144 cm³/mol. The molecule has 1 aliphatic heterocycles. The highest BCUT2D eigenvalue weighted by molar-refractivity contribution is 5.96. The summed E-state index contributed by atoms with van der Waals surface area (Å²) in [6.45, 7) is 5.70. The smallest absolute Gasteiger partial charge is 0.252 e. The first kappa shape index (κ1) is 24.8. The Morgan fingerprint density at radius 1 is 1.00 bits per heavy atom. The number of aromatic nitrogens is 4.